The van der Waals surface area contributed by atoms with Crippen LogP contribution in [0.3, 0.4) is 0 Å². The summed E-state index contributed by atoms with van der Waals surface area (Å²) in [6.45, 7) is 3.93. The summed E-state index contributed by atoms with van der Waals surface area (Å²) in [7, 11) is 0. The van der Waals surface area contributed by atoms with Crippen LogP contribution in [0.15, 0.2) is 18.2 Å². The SMILES string of the molecule is Cc1ccc(C(NC(=O)C2C3CCCC32)C(=O)O)cc1C. The average molecular weight is 287 g/mol. The minimum atomic E-state index is -1.00. The zero-order chi connectivity index (χ0) is 15.1. The first-order valence-corrected chi connectivity index (χ1v) is 7.59. The van der Waals surface area contributed by atoms with Crippen LogP contribution >= 0.6 is 0 Å². The minimum Gasteiger partial charge on any atom is -0.479 e. The third-order valence-electron chi connectivity index (χ3n) is 5.11. The zero-order valence-electron chi connectivity index (χ0n) is 12.4. The molecule has 2 aliphatic rings. The van der Waals surface area contributed by atoms with E-state index in [4.69, 9.17) is 0 Å². The van der Waals surface area contributed by atoms with Gasteiger partial charge in [-0.1, -0.05) is 24.6 Å². The maximum atomic E-state index is 12.3. The van der Waals surface area contributed by atoms with E-state index in [1.807, 2.05) is 26.0 Å². The quantitative estimate of drug-likeness (QED) is 0.894. The summed E-state index contributed by atoms with van der Waals surface area (Å²) in [5, 5.41) is 12.2. The minimum absolute atomic E-state index is 0.0483. The molecule has 3 atom stereocenters. The fourth-order valence-electron chi connectivity index (χ4n) is 3.68. The van der Waals surface area contributed by atoms with Crippen molar-refractivity contribution in [3.05, 3.63) is 34.9 Å². The molecule has 0 spiro atoms. The number of aliphatic carboxylic acids is 1. The van der Waals surface area contributed by atoms with Crippen molar-refractivity contribution >= 4 is 11.9 Å². The van der Waals surface area contributed by atoms with Gasteiger partial charge < -0.3 is 10.4 Å². The number of fused-ring (bicyclic) bond motifs is 1. The highest BCUT2D eigenvalue weighted by Crippen LogP contribution is 2.57. The number of carbonyl (C=O) groups is 2. The number of rotatable bonds is 4. The molecule has 3 rings (SSSR count). The number of hydrogen-bond donors (Lipinski definition) is 2. The molecule has 3 unspecified atom stereocenters. The van der Waals surface area contributed by atoms with E-state index in [0.29, 0.717) is 17.4 Å². The number of nitrogens with one attached hydrogen (secondary N) is 1. The third-order valence-corrected chi connectivity index (χ3v) is 5.11. The van der Waals surface area contributed by atoms with Crippen LogP contribution < -0.4 is 5.32 Å². The fourth-order valence-corrected chi connectivity index (χ4v) is 3.68. The first-order chi connectivity index (χ1) is 9.99. The predicted molar refractivity (Wildman–Crippen MR) is 78.8 cm³/mol. The Kier molecular flexibility index (Phi) is 3.47. The standard InChI is InChI=1S/C17H21NO3/c1-9-6-7-11(8-10(9)2)15(17(20)21)18-16(19)14-12-4-3-5-13(12)14/h6-8,12-15H,3-5H2,1-2H3,(H,18,19)(H,20,21). The Morgan fingerprint density at radius 3 is 2.43 bits per heavy atom. The molecule has 21 heavy (non-hydrogen) atoms. The van der Waals surface area contributed by atoms with Gasteiger partial charge in [-0.05, 0) is 55.2 Å². The first kappa shape index (κ1) is 14.1. The van der Waals surface area contributed by atoms with Crippen LogP contribution in [0, 0.1) is 31.6 Å². The van der Waals surface area contributed by atoms with Crippen molar-refractivity contribution in [1.82, 2.24) is 5.32 Å². The molecule has 2 N–H and O–H groups in total. The van der Waals surface area contributed by atoms with Crippen LogP contribution in [-0.2, 0) is 9.59 Å². The Balaban J connectivity index is 1.74. The number of hydrogen-bond acceptors (Lipinski definition) is 2. The Morgan fingerprint density at radius 1 is 1.19 bits per heavy atom. The van der Waals surface area contributed by atoms with Gasteiger partial charge in [-0.3, -0.25) is 4.79 Å². The molecule has 4 nitrogen and oxygen atoms in total. The van der Waals surface area contributed by atoms with E-state index in [0.717, 1.165) is 24.0 Å². The van der Waals surface area contributed by atoms with Gasteiger partial charge in [0.1, 0.15) is 0 Å². The molecule has 0 radical (unpaired) electrons. The van der Waals surface area contributed by atoms with Gasteiger partial charge in [0.15, 0.2) is 6.04 Å². The number of carbonyl (C=O) groups excluding carboxylic acids is 1. The maximum Gasteiger partial charge on any atom is 0.330 e. The molecule has 2 aliphatic carbocycles. The van der Waals surface area contributed by atoms with Crippen molar-refractivity contribution in [2.24, 2.45) is 17.8 Å². The summed E-state index contributed by atoms with van der Waals surface area (Å²) in [5.74, 6) is -0.0433. The van der Waals surface area contributed by atoms with E-state index in [9.17, 15) is 14.7 Å². The Bertz CT molecular complexity index is 586. The number of aryl methyl sites for hydroxylation is 2. The monoisotopic (exact) mass is 287 g/mol. The predicted octanol–water partition coefficient (Wildman–Crippen LogP) is 2.59. The van der Waals surface area contributed by atoms with Gasteiger partial charge >= 0.3 is 5.97 Å². The van der Waals surface area contributed by atoms with E-state index in [-0.39, 0.29) is 11.8 Å². The van der Waals surface area contributed by atoms with Crippen molar-refractivity contribution < 1.29 is 14.7 Å². The third kappa shape index (κ3) is 2.55. The highest BCUT2D eigenvalue weighted by molar-refractivity contribution is 5.88. The molecule has 0 aliphatic heterocycles. The lowest BCUT2D eigenvalue weighted by Crippen LogP contribution is -2.35. The first-order valence-electron chi connectivity index (χ1n) is 7.59. The average Bonchev–Trinajstić information content (AvgIpc) is 2.92. The van der Waals surface area contributed by atoms with Gasteiger partial charge in [-0.2, -0.15) is 0 Å². The van der Waals surface area contributed by atoms with Gasteiger partial charge in [0.2, 0.25) is 5.91 Å². The van der Waals surface area contributed by atoms with Gasteiger partial charge in [0.25, 0.3) is 0 Å². The second-order valence-electron chi connectivity index (χ2n) is 6.41. The molecular formula is C17H21NO3. The number of benzene rings is 1. The van der Waals surface area contributed by atoms with Crippen molar-refractivity contribution in [1.29, 1.82) is 0 Å². The summed E-state index contributed by atoms with van der Waals surface area (Å²) in [5.41, 5.74) is 2.80. The van der Waals surface area contributed by atoms with Crippen molar-refractivity contribution in [2.45, 2.75) is 39.2 Å². The summed E-state index contributed by atoms with van der Waals surface area (Å²) < 4.78 is 0. The molecule has 0 bridgehead atoms. The summed E-state index contributed by atoms with van der Waals surface area (Å²) in [4.78, 5) is 23.8. The lowest BCUT2D eigenvalue weighted by molar-refractivity contribution is -0.142. The normalized spacial score (nSPS) is 27.8. The molecule has 2 fully saturated rings. The highest BCUT2D eigenvalue weighted by Gasteiger charge is 2.56. The Labute approximate surface area is 124 Å². The molecule has 2 saturated carbocycles. The zero-order valence-corrected chi connectivity index (χ0v) is 12.4. The molecule has 112 valence electrons. The number of carboxylic acid groups (broad SMARTS) is 1. The fraction of sp³-hybridized carbons (Fsp3) is 0.529. The number of amides is 1. The second kappa shape index (κ2) is 5.17. The van der Waals surface area contributed by atoms with Crippen LogP contribution in [0.2, 0.25) is 0 Å². The molecule has 0 heterocycles. The summed E-state index contributed by atoms with van der Waals surface area (Å²) in [6.07, 6.45) is 3.44. The lowest BCUT2D eigenvalue weighted by atomic mass is 10.0. The van der Waals surface area contributed by atoms with Crippen molar-refractivity contribution in [3.63, 3.8) is 0 Å². The van der Waals surface area contributed by atoms with Crippen LogP contribution in [0.5, 0.6) is 0 Å². The van der Waals surface area contributed by atoms with Crippen molar-refractivity contribution in [2.75, 3.05) is 0 Å². The second-order valence-corrected chi connectivity index (χ2v) is 6.41. The Hall–Kier alpha value is -1.84. The number of carboxylic acids is 1. The van der Waals surface area contributed by atoms with Gasteiger partial charge in [-0.25, -0.2) is 4.79 Å². The molecule has 0 aromatic heterocycles. The van der Waals surface area contributed by atoms with Crippen LogP contribution in [0.4, 0.5) is 0 Å². The molecule has 1 aromatic rings. The Morgan fingerprint density at radius 2 is 1.86 bits per heavy atom. The molecular weight excluding hydrogens is 266 g/mol. The van der Waals surface area contributed by atoms with Crippen LogP contribution in [-0.4, -0.2) is 17.0 Å². The molecule has 4 heteroatoms. The van der Waals surface area contributed by atoms with Gasteiger partial charge in [0.05, 0.1) is 0 Å². The summed E-state index contributed by atoms with van der Waals surface area (Å²) in [6, 6.07) is 4.59. The molecule has 1 amide bonds. The van der Waals surface area contributed by atoms with Crippen LogP contribution in [0.1, 0.15) is 42.0 Å². The van der Waals surface area contributed by atoms with E-state index < -0.39 is 12.0 Å². The van der Waals surface area contributed by atoms with Crippen molar-refractivity contribution in [3.8, 4) is 0 Å². The van der Waals surface area contributed by atoms with E-state index in [1.54, 1.807) is 6.07 Å². The lowest BCUT2D eigenvalue weighted by Gasteiger charge is -2.17. The largest absolute Gasteiger partial charge is 0.479 e. The van der Waals surface area contributed by atoms with E-state index >= 15 is 0 Å². The maximum absolute atomic E-state index is 12.3. The molecule has 1 aromatic carbocycles. The smallest absolute Gasteiger partial charge is 0.330 e. The van der Waals surface area contributed by atoms with E-state index in [1.165, 1.54) is 6.42 Å². The topological polar surface area (TPSA) is 66.4 Å². The van der Waals surface area contributed by atoms with E-state index in [2.05, 4.69) is 5.32 Å². The van der Waals surface area contributed by atoms with Crippen LogP contribution in [0.25, 0.3) is 0 Å². The highest BCUT2D eigenvalue weighted by atomic mass is 16.4. The summed E-state index contributed by atoms with van der Waals surface area (Å²) >= 11 is 0. The van der Waals surface area contributed by atoms with Gasteiger partial charge in [0, 0.05) is 5.92 Å². The van der Waals surface area contributed by atoms with Gasteiger partial charge in [-0.15, -0.1) is 0 Å². The molecule has 0 saturated heterocycles.